The monoisotopic (exact) mass is 287 g/mol. The first-order valence-electron chi connectivity index (χ1n) is 4.91. The lowest BCUT2D eigenvalue weighted by atomic mass is 10.1. The molecule has 1 atom stereocenters. The summed E-state index contributed by atoms with van der Waals surface area (Å²) >= 11 is 4.90. The molecule has 0 bridgehead atoms. The highest BCUT2D eigenvalue weighted by molar-refractivity contribution is 9.10. The predicted octanol–water partition coefficient (Wildman–Crippen LogP) is 3.55. The van der Waals surface area contributed by atoms with Crippen LogP contribution in [0.25, 0.3) is 0 Å². The molecule has 0 amide bonds. The van der Waals surface area contributed by atoms with Crippen LogP contribution < -0.4 is 0 Å². The first kappa shape index (κ1) is 12.7. The number of aromatic nitrogens is 1. The molecular formula is C11H14BrNOS. The summed E-state index contributed by atoms with van der Waals surface area (Å²) in [6, 6.07) is 3.80. The van der Waals surface area contributed by atoms with E-state index >= 15 is 0 Å². The van der Waals surface area contributed by atoms with Crippen LogP contribution in [0.1, 0.15) is 20.3 Å². The Balaban J connectivity index is 2.51. The number of pyridine rings is 1. The second kappa shape index (κ2) is 6.28. The maximum atomic E-state index is 11.6. The van der Waals surface area contributed by atoms with E-state index in [0.717, 1.165) is 15.9 Å². The number of carbonyl (C=O) groups is 1. The Morgan fingerprint density at radius 1 is 1.67 bits per heavy atom. The zero-order valence-electron chi connectivity index (χ0n) is 8.87. The Morgan fingerprint density at radius 2 is 2.40 bits per heavy atom. The number of Topliss-reactive ketones (excluding diaryl/α,β-unsaturated/α-hetero) is 1. The number of halogens is 1. The van der Waals surface area contributed by atoms with Crippen LogP contribution in [-0.4, -0.2) is 16.5 Å². The summed E-state index contributed by atoms with van der Waals surface area (Å²) in [5.74, 6) is 0.949. The lowest BCUT2D eigenvalue weighted by molar-refractivity contribution is -0.119. The molecule has 0 fully saturated rings. The van der Waals surface area contributed by atoms with Gasteiger partial charge < -0.3 is 0 Å². The fourth-order valence-electron chi connectivity index (χ4n) is 0.987. The van der Waals surface area contributed by atoms with Gasteiger partial charge in [0.1, 0.15) is 10.8 Å². The van der Waals surface area contributed by atoms with E-state index in [1.807, 2.05) is 26.0 Å². The molecule has 0 aliphatic rings. The van der Waals surface area contributed by atoms with Gasteiger partial charge in [-0.15, -0.1) is 0 Å². The van der Waals surface area contributed by atoms with Gasteiger partial charge in [-0.2, -0.15) is 0 Å². The van der Waals surface area contributed by atoms with Crippen molar-refractivity contribution in [3.8, 4) is 0 Å². The molecule has 0 radical (unpaired) electrons. The maximum absolute atomic E-state index is 11.6. The summed E-state index contributed by atoms with van der Waals surface area (Å²) in [7, 11) is 0. The van der Waals surface area contributed by atoms with Crippen LogP contribution in [0.4, 0.5) is 0 Å². The summed E-state index contributed by atoms with van der Waals surface area (Å²) in [6.07, 6.45) is 2.64. The lowest BCUT2D eigenvalue weighted by Gasteiger charge is -2.06. The van der Waals surface area contributed by atoms with Crippen LogP contribution in [0.15, 0.2) is 27.8 Å². The number of thioether (sulfide) groups is 1. The van der Waals surface area contributed by atoms with E-state index in [0.29, 0.717) is 11.5 Å². The van der Waals surface area contributed by atoms with Gasteiger partial charge in [-0.05, 0) is 34.5 Å². The Bertz CT molecular complexity index is 343. The van der Waals surface area contributed by atoms with Crippen molar-refractivity contribution in [2.24, 2.45) is 5.92 Å². The average Bonchev–Trinajstić information content (AvgIpc) is 2.26. The molecule has 4 heteroatoms. The van der Waals surface area contributed by atoms with Crippen LogP contribution >= 0.6 is 27.7 Å². The van der Waals surface area contributed by atoms with Crippen molar-refractivity contribution in [1.29, 1.82) is 0 Å². The number of ketones is 1. The van der Waals surface area contributed by atoms with Crippen molar-refractivity contribution in [2.45, 2.75) is 25.3 Å². The van der Waals surface area contributed by atoms with Gasteiger partial charge in [0.15, 0.2) is 0 Å². The van der Waals surface area contributed by atoms with E-state index in [9.17, 15) is 4.79 Å². The van der Waals surface area contributed by atoms with Gasteiger partial charge in [-0.3, -0.25) is 4.79 Å². The molecule has 0 N–H and O–H groups in total. The Kier molecular flexibility index (Phi) is 5.32. The van der Waals surface area contributed by atoms with Crippen molar-refractivity contribution < 1.29 is 4.79 Å². The number of hydrogen-bond acceptors (Lipinski definition) is 3. The summed E-state index contributed by atoms with van der Waals surface area (Å²) < 4.78 is 0.951. The third kappa shape index (κ3) is 3.95. The van der Waals surface area contributed by atoms with Gasteiger partial charge in [0.05, 0.1) is 5.75 Å². The van der Waals surface area contributed by atoms with Gasteiger partial charge in [0.2, 0.25) is 0 Å². The van der Waals surface area contributed by atoms with E-state index in [1.54, 1.807) is 6.20 Å². The smallest absolute Gasteiger partial charge is 0.145 e. The van der Waals surface area contributed by atoms with Gasteiger partial charge in [-0.1, -0.05) is 25.6 Å². The van der Waals surface area contributed by atoms with Gasteiger partial charge in [-0.25, -0.2) is 4.98 Å². The van der Waals surface area contributed by atoms with E-state index < -0.39 is 0 Å². The van der Waals surface area contributed by atoms with E-state index in [4.69, 9.17) is 0 Å². The largest absolute Gasteiger partial charge is 0.298 e. The van der Waals surface area contributed by atoms with Crippen molar-refractivity contribution in [1.82, 2.24) is 4.98 Å². The lowest BCUT2D eigenvalue weighted by Crippen LogP contribution is -2.12. The minimum atomic E-state index is 0.153. The highest BCUT2D eigenvalue weighted by Crippen LogP contribution is 2.25. The highest BCUT2D eigenvalue weighted by Gasteiger charge is 2.12. The molecule has 1 rings (SSSR count). The Morgan fingerprint density at radius 3 is 3.00 bits per heavy atom. The molecule has 15 heavy (non-hydrogen) atoms. The van der Waals surface area contributed by atoms with E-state index in [2.05, 4.69) is 20.9 Å². The highest BCUT2D eigenvalue weighted by atomic mass is 79.9. The summed E-state index contributed by atoms with van der Waals surface area (Å²) in [4.78, 5) is 15.8. The summed E-state index contributed by atoms with van der Waals surface area (Å²) in [6.45, 7) is 4.00. The van der Waals surface area contributed by atoms with E-state index in [-0.39, 0.29) is 5.92 Å². The van der Waals surface area contributed by atoms with E-state index in [1.165, 1.54) is 11.8 Å². The minimum absolute atomic E-state index is 0.153. The SMILES string of the molecule is CCC(C)C(=O)CSc1ncccc1Br. The zero-order valence-corrected chi connectivity index (χ0v) is 11.3. The molecule has 0 aromatic carbocycles. The second-order valence-electron chi connectivity index (χ2n) is 3.35. The zero-order chi connectivity index (χ0) is 11.3. The third-order valence-corrected chi connectivity index (χ3v) is 4.17. The topological polar surface area (TPSA) is 30.0 Å². The molecule has 1 aromatic rings. The van der Waals surface area contributed by atoms with Crippen LogP contribution in [-0.2, 0) is 4.79 Å². The minimum Gasteiger partial charge on any atom is -0.298 e. The third-order valence-electron chi connectivity index (χ3n) is 2.24. The fraction of sp³-hybridized carbons (Fsp3) is 0.455. The predicted molar refractivity (Wildman–Crippen MR) is 67.1 cm³/mol. The normalized spacial score (nSPS) is 12.5. The molecule has 82 valence electrons. The molecule has 1 aromatic heterocycles. The number of rotatable bonds is 5. The molecule has 0 spiro atoms. The van der Waals surface area contributed by atoms with Gasteiger partial charge in [0, 0.05) is 16.6 Å². The van der Waals surface area contributed by atoms with Crippen LogP contribution in [0.2, 0.25) is 0 Å². The number of hydrogen-bond donors (Lipinski definition) is 0. The number of carbonyl (C=O) groups excluding carboxylic acids is 1. The van der Waals surface area contributed by atoms with Gasteiger partial charge >= 0.3 is 0 Å². The van der Waals surface area contributed by atoms with Crippen molar-refractivity contribution in [3.05, 3.63) is 22.8 Å². The first-order chi connectivity index (χ1) is 7.15. The van der Waals surface area contributed by atoms with Crippen LogP contribution in [0.5, 0.6) is 0 Å². The molecule has 0 aliphatic carbocycles. The van der Waals surface area contributed by atoms with Crippen molar-refractivity contribution >= 4 is 33.5 Å². The molecular weight excluding hydrogens is 274 g/mol. The molecule has 2 nitrogen and oxygen atoms in total. The van der Waals surface area contributed by atoms with Crippen LogP contribution in [0.3, 0.4) is 0 Å². The average molecular weight is 288 g/mol. The fourth-order valence-corrected chi connectivity index (χ4v) is 2.49. The standard InChI is InChI=1S/C11H14BrNOS/c1-3-8(2)10(14)7-15-11-9(12)5-4-6-13-11/h4-6,8H,3,7H2,1-2H3. The molecule has 0 saturated heterocycles. The molecule has 0 aliphatic heterocycles. The molecule has 0 saturated carbocycles. The van der Waals surface area contributed by atoms with Crippen LogP contribution in [0, 0.1) is 5.92 Å². The summed E-state index contributed by atoms with van der Waals surface area (Å²) in [5, 5.41) is 0.883. The first-order valence-corrected chi connectivity index (χ1v) is 6.69. The van der Waals surface area contributed by atoms with Crippen molar-refractivity contribution in [3.63, 3.8) is 0 Å². The van der Waals surface area contributed by atoms with Crippen molar-refractivity contribution in [2.75, 3.05) is 5.75 Å². The Hall–Kier alpha value is -0.350. The maximum Gasteiger partial charge on any atom is 0.145 e. The summed E-state index contributed by atoms with van der Waals surface area (Å²) in [5.41, 5.74) is 0. The quantitative estimate of drug-likeness (QED) is 0.776. The number of nitrogens with zero attached hydrogens (tertiary/aromatic N) is 1. The second-order valence-corrected chi connectivity index (χ2v) is 5.17. The Labute approximate surface area is 103 Å². The van der Waals surface area contributed by atoms with Gasteiger partial charge in [0.25, 0.3) is 0 Å². The molecule has 1 unspecified atom stereocenters. The molecule has 1 heterocycles.